The molecule has 6 nitrogen and oxygen atoms in total. The molecule has 0 radical (unpaired) electrons. The van der Waals surface area contributed by atoms with Gasteiger partial charge in [0.15, 0.2) is 5.13 Å². The van der Waals surface area contributed by atoms with Gasteiger partial charge in [0.2, 0.25) is 5.91 Å². The number of nitriles is 1. The second-order valence-corrected chi connectivity index (χ2v) is 6.43. The van der Waals surface area contributed by atoms with Crippen LogP contribution in [0.3, 0.4) is 0 Å². The summed E-state index contributed by atoms with van der Waals surface area (Å²) >= 11 is 1.29. The Morgan fingerprint density at radius 3 is 2.33 bits per heavy atom. The zero-order valence-electron chi connectivity index (χ0n) is 14.0. The van der Waals surface area contributed by atoms with Crippen molar-refractivity contribution >= 4 is 34.1 Å². The quantitative estimate of drug-likeness (QED) is 0.856. The van der Waals surface area contributed by atoms with Crippen LogP contribution in [0.1, 0.15) is 29.8 Å². The molecule has 1 aromatic heterocycles. The van der Waals surface area contributed by atoms with Crippen LogP contribution in [0, 0.1) is 17.2 Å². The van der Waals surface area contributed by atoms with Crippen LogP contribution in [0.2, 0.25) is 0 Å². The highest BCUT2D eigenvalue weighted by Gasteiger charge is 2.20. The van der Waals surface area contributed by atoms with Gasteiger partial charge in [-0.1, -0.05) is 13.8 Å². The summed E-state index contributed by atoms with van der Waals surface area (Å²) in [5.41, 5.74) is 0.972. The lowest BCUT2D eigenvalue weighted by Gasteiger charge is -2.17. The van der Waals surface area contributed by atoms with E-state index in [1.807, 2.05) is 19.9 Å². The molecule has 1 heterocycles. The first-order valence-corrected chi connectivity index (χ1v) is 8.24. The van der Waals surface area contributed by atoms with E-state index < -0.39 is 0 Å². The third-order valence-corrected chi connectivity index (χ3v) is 4.41. The first-order valence-electron chi connectivity index (χ1n) is 7.36. The Morgan fingerprint density at radius 1 is 1.17 bits per heavy atom. The number of thiazole rings is 1. The van der Waals surface area contributed by atoms with Gasteiger partial charge >= 0.3 is 0 Å². The van der Waals surface area contributed by atoms with E-state index in [2.05, 4.69) is 4.98 Å². The molecular formula is C17H18N4O2S. The van der Waals surface area contributed by atoms with Crippen molar-refractivity contribution < 1.29 is 9.59 Å². The predicted molar refractivity (Wildman–Crippen MR) is 94.3 cm³/mol. The monoisotopic (exact) mass is 342 g/mol. The average Bonchev–Trinajstić information content (AvgIpc) is 3.09. The van der Waals surface area contributed by atoms with Gasteiger partial charge in [-0.05, 0) is 24.3 Å². The molecule has 0 saturated carbocycles. The number of aromatic nitrogens is 1. The molecule has 0 aliphatic heterocycles. The molecule has 24 heavy (non-hydrogen) atoms. The van der Waals surface area contributed by atoms with Crippen molar-refractivity contribution in [2.45, 2.75) is 13.8 Å². The summed E-state index contributed by atoms with van der Waals surface area (Å²) in [6.07, 6.45) is 0. The molecule has 0 aliphatic carbocycles. The summed E-state index contributed by atoms with van der Waals surface area (Å²) in [7, 11) is 3.30. The smallest absolute Gasteiger partial charge is 0.259 e. The van der Waals surface area contributed by atoms with Crippen LogP contribution in [0.25, 0.3) is 0 Å². The summed E-state index contributed by atoms with van der Waals surface area (Å²) in [5, 5.41) is 11.1. The molecule has 2 rings (SSSR count). The van der Waals surface area contributed by atoms with Gasteiger partial charge in [0.05, 0.1) is 11.6 Å². The SMILES string of the molecule is CC(C)C(=O)N(C)c1csc(N(C)C(=O)c2ccc(C#N)cc2)n1. The summed E-state index contributed by atoms with van der Waals surface area (Å²) in [4.78, 5) is 31.8. The second kappa shape index (κ2) is 7.23. The van der Waals surface area contributed by atoms with E-state index in [9.17, 15) is 9.59 Å². The molecule has 0 spiro atoms. The van der Waals surface area contributed by atoms with E-state index >= 15 is 0 Å². The topological polar surface area (TPSA) is 77.3 Å². The zero-order chi connectivity index (χ0) is 17.9. The predicted octanol–water partition coefficient (Wildman–Crippen LogP) is 2.91. The van der Waals surface area contributed by atoms with Crippen molar-refractivity contribution in [1.29, 1.82) is 5.26 Å². The standard InChI is InChI=1S/C17H18N4O2S/c1-11(2)15(22)20(3)14-10-24-17(19-14)21(4)16(23)13-7-5-12(9-18)6-8-13/h5-8,10-11H,1-4H3. The summed E-state index contributed by atoms with van der Waals surface area (Å²) in [6.45, 7) is 3.65. The normalized spacial score (nSPS) is 10.3. The van der Waals surface area contributed by atoms with Gasteiger partial charge in [-0.25, -0.2) is 4.98 Å². The van der Waals surface area contributed by atoms with Crippen molar-refractivity contribution in [3.63, 3.8) is 0 Å². The number of carbonyl (C=O) groups is 2. The highest BCUT2D eigenvalue weighted by Crippen LogP contribution is 2.26. The average molecular weight is 342 g/mol. The van der Waals surface area contributed by atoms with E-state index in [1.54, 1.807) is 43.7 Å². The number of amides is 2. The van der Waals surface area contributed by atoms with Crippen molar-refractivity contribution in [2.75, 3.05) is 23.9 Å². The Kier molecular flexibility index (Phi) is 5.31. The highest BCUT2D eigenvalue weighted by atomic mass is 32.1. The molecular weight excluding hydrogens is 324 g/mol. The number of carbonyl (C=O) groups excluding carboxylic acids is 2. The minimum absolute atomic E-state index is 0.0343. The molecule has 1 aromatic carbocycles. The maximum atomic E-state index is 12.5. The van der Waals surface area contributed by atoms with Gasteiger partial charge in [-0.3, -0.25) is 19.4 Å². The highest BCUT2D eigenvalue weighted by molar-refractivity contribution is 7.14. The molecule has 0 fully saturated rings. The van der Waals surface area contributed by atoms with Crippen LogP contribution in [0.4, 0.5) is 10.9 Å². The Morgan fingerprint density at radius 2 is 1.79 bits per heavy atom. The van der Waals surface area contributed by atoms with Gasteiger partial charge in [0, 0.05) is 31.0 Å². The lowest BCUT2D eigenvalue weighted by molar-refractivity contribution is -0.121. The van der Waals surface area contributed by atoms with Crippen LogP contribution in [-0.2, 0) is 4.79 Å². The van der Waals surface area contributed by atoms with Gasteiger partial charge in [0.1, 0.15) is 5.82 Å². The van der Waals surface area contributed by atoms with Crippen molar-refractivity contribution in [1.82, 2.24) is 4.98 Å². The number of benzene rings is 1. The summed E-state index contributed by atoms with van der Waals surface area (Å²) < 4.78 is 0. The first kappa shape index (κ1) is 17.6. The Hall–Kier alpha value is -2.72. The third kappa shape index (κ3) is 3.60. The van der Waals surface area contributed by atoms with E-state index in [0.29, 0.717) is 22.1 Å². The van der Waals surface area contributed by atoms with Crippen molar-refractivity contribution in [3.8, 4) is 6.07 Å². The Bertz CT molecular complexity index is 790. The molecule has 0 aliphatic rings. The minimum atomic E-state index is -0.224. The van der Waals surface area contributed by atoms with E-state index in [0.717, 1.165) is 0 Å². The summed E-state index contributed by atoms with van der Waals surface area (Å²) in [5.74, 6) is 0.137. The molecule has 2 amide bonds. The van der Waals surface area contributed by atoms with E-state index in [4.69, 9.17) is 5.26 Å². The third-order valence-electron chi connectivity index (χ3n) is 3.50. The molecule has 0 atom stereocenters. The molecule has 0 saturated heterocycles. The largest absolute Gasteiger partial charge is 0.299 e. The van der Waals surface area contributed by atoms with Gasteiger partial charge in [-0.2, -0.15) is 5.26 Å². The maximum absolute atomic E-state index is 12.5. The van der Waals surface area contributed by atoms with Crippen molar-refractivity contribution in [3.05, 3.63) is 40.8 Å². The fraction of sp³-hybridized carbons (Fsp3) is 0.294. The molecule has 0 N–H and O–H groups in total. The van der Waals surface area contributed by atoms with E-state index in [1.165, 1.54) is 21.1 Å². The zero-order valence-corrected chi connectivity index (χ0v) is 14.8. The van der Waals surface area contributed by atoms with E-state index in [-0.39, 0.29) is 17.7 Å². The number of anilines is 2. The van der Waals surface area contributed by atoms with Crippen LogP contribution < -0.4 is 9.80 Å². The molecule has 0 bridgehead atoms. The number of rotatable bonds is 4. The first-order chi connectivity index (χ1) is 11.3. The molecule has 7 heteroatoms. The van der Waals surface area contributed by atoms with Crippen LogP contribution in [0.15, 0.2) is 29.6 Å². The lowest BCUT2D eigenvalue weighted by atomic mass is 10.1. The van der Waals surface area contributed by atoms with Gasteiger partial charge in [-0.15, -0.1) is 11.3 Å². The molecule has 124 valence electrons. The summed E-state index contributed by atoms with van der Waals surface area (Å²) in [6, 6.07) is 8.44. The Labute approximate surface area is 145 Å². The maximum Gasteiger partial charge on any atom is 0.259 e. The Balaban J connectivity index is 2.18. The molecule has 0 unspecified atom stereocenters. The fourth-order valence-electron chi connectivity index (χ4n) is 2.03. The van der Waals surface area contributed by atoms with Crippen LogP contribution >= 0.6 is 11.3 Å². The van der Waals surface area contributed by atoms with Gasteiger partial charge < -0.3 is 0 Å². The second-order valence-electron chi connectivity index (χ2n) is 5.59. The number of nitrogens with zero attached hydrogens (tertiary/aromatic N) is 4. The number of hydrogen-bond donors (Lipinski definition) is 0. The minimum Gasteiger partial charge on any atom is -0.299 e. The van der Waals surface area contributed by atoms with Crippen LogP contribution in [-0.4, -0.2) is 30.9 Å². The van der Waals surface area contributed by atoms with Crippen LogP contribution in [0.5, 0.6) is 0 Å². The van der Waals surface area contributed by atoms with Gasteiger partial charge in [0.25, 0.3) is 5.91 Å². The number of hydrogen-bond acceptors (Lipinski definition) is 5. The fourth-order valence-corrected chi connectivity index (χ4v) is 2.84. The van der Waals surface area contributed by atoms with Crippen molar-refractivity contribution in [2.24, 2.45) is 5.92 Å². The lowest BCUT2D eigenvalue weighted by Crippen LogP contribution is -2.31. The molecule has 2 aromatic rings.